The Morgan fingerprint density at radius 2 is 0.746 bits per heavy atom. The van der Waals surface area contributed by atoms with E-state index < -0.39 is 16.1 Å². The third kappa shape index (κ3) is 11.9. The summed E-state index contributed by atoms with van der Waals surface area (Å²) in [5, 5.41) is 0. The lowest BCUT2D eigenvalue weighted by molar-refractivity contribution is 0.802. The van der Waals surface area contributed by atoms with E-state index in [9.17, 15) is 0 Å². The molecule has 6 rings (SSSR count). The second-order valence-electron chi connectivity index (χ2n) is 19.6. The molecule has 6 nitrogen and oxygen atoms in total. The standard InChI is InChI=1S/C19H28N2Si.C16H20N2.C14H20N2.C6H12Si/c1-13-14(2)16(4)19-18(15(13)3)20-17(21(19)5)11-9-10-12-22(6,7)8;1-7-8-9-14-17-15-12(4)10(2)11(3)13(5)16(15)18(14)6;1-7-12-15-13-10(4)8(2)9(3)11(5)14(13)16(12)6;1-5-6-7(2,3)4/h9,11H2,1-8H3;1H,8-9H2,2-6H3;7H2,1-6H3;1-4H3. The molecule has 0 radical (unpaired) electrons. The minimum absolute atomic E-state index is 0.743. The Labute approximate surface area is 385 Å². The lowest BCUT2D eigenvalue weighted by Gasteiger charge is -2.11. The van der Waals surface area contributed by atoms with Crippen molar-refractivity contribution in [2.24, 2.45) is 21.1 Å². The van der Waals surface area contributed by atoms with E-state index in [-0.39, 0.29) is 0 Å². The van der Waals surface area contributed by atoms with Crippen LogP contribution in [-0.4, -0.2) is 44.8 Å². The van der Waals surface area contributed by atoms with E-state index in [1.807, 2.05) is 6.92 Å². The molecule has 0 aliphatic heterocycles. The van der Waals surface area contributed by atoms with Crippen molar-refractivity contribution in [2.75, 3.05) is 0 Å². The van der Waals surface area contributed by atoms with Crippen LogP contribution in [0.2, 0.25) is 39.3 Å². The van der Waals surface area contributed by atoms with Crippen molar-refractivity contribution in [2.45, 2.75) is 168 Å². The lowest BCUT2D eigenvalue weighted by Crippen LogP contribution is -2.16. The molecular formula is C55H80N6Si2. The van der Waals surface area contributed by atoms with Crippen molar-refractivity contribution in [3.05, 3.63) is 84.2 Å². The Bertz CT molecular complexity index is 2810. The molecule has 3 aromatic carbocycles. The molecule has 3 heterocycles. The van der Waals surface area contributed by atoms with Gasteiger partial charge in [0.2, 0.25) is 0 Å². The number of benzene rings is 3. The Morgan fingerprint density at radius 3 is 1.03 bits per heavy atom. The average molecular weight is 881 g/mol. The third-order valence-corrected chi connectivity index (χ3v) is 14.9. The van der Waals surface area contributed by atoms with Crippen molar-refractivity contribution in [3.63, 3.8) is 0 Å². The molecular weight excluding hydrogens is 801 g/mol. The van der Waals surface area contributed by atoms with E-state index in [0.717, 1.165) is 54.8 Å². The van der Waals surface area contributed by atoms with Crippen LogP contribution < -0.4 is 0 Å². The second kappa shape index (κ2) is 21.2. The van der Waals surface area contributed by atoms with Crippen molar-refractivity contribution in [1.29, 1.82) is 0 Å². The second-order valence-corrected chi connectivity index (χ2v) is 29.1. The highest BCUT2D eigenvalue weighted by atomic mass is 28.3. The predicted molar refractivity (Wildman–Crippen MR) is 282 cm³/mol. The van der Waals surface area contributed by atoms with Crippen molar-refractivity contribution < 1.29 is 0 Å². The zero-order valence-corrected chi connectivity index (χ0v) is 45.8. The van der Waals surface area contributed by atoms with E-state index in [0.29, 0.717) is 0 Å². The van der Waals surface area contributed by atoms with Crippen LogP contribution in [0, 0.1) is 118 Å². The number of aryl methyl sites for hydroxylation is 12. The van der Waals surface area contributed by atoms with Gasteiger partial charge in [-0.1, -0.05) is 46.2 Å². The van der Waals surface area contributed by atoms with Gasteiger partial charge in [-0.25, -0.2) is 15.0 Å². The number of hydrogen-bond acceptors (Lipinski definition) is 3. The summed E-state index contributed by atoms with van der Waals surface area (Å²) in [5.41, 5.74) is 30.2. The van der Waals surface area contributed by atoms with E-state index in [1.54, 1.807) is 0 Å². The molecule has 338 valence electrons. The van der Waals surface area contributed by atoms with E-state index in [4.69, 9.17) is 21.4 Å². The first-order valence-electron chi connectivity index (χ1n) is 22.8. The van der Waals surface area contributed by atoms with Gasteiger partial charge < -0.3 is 13.7 Å². The number of imidazole rings is 3. The van der Waals surface area contributed by atoms with Gasteiger partial charge in [0.25, 0.3) is 0 Å². The molecule has 0 aliphatic rings. The molecule has 8 heteroatoms. The SMILES string of the molecule is C#CCCc1nc2c(C)c(C)c(C)c(C)c2n1C.CC#C[Si](C)(C)C.CCc1nc2c(C)c(C)c(C)c(C)c2n1C.Cc1c(C)c(C)c2c(nc(CCC#C[Si](C)(C)C)n2C)c1C. The number of hydrogen-bond donors (Lipinski definition) is 0. The highest BCUT2D eigenvalue weighted by molar-refractivity contribution is 6.84. The summed E-state index contributed by atoms with van der Waals surface area (Å²) in [7, 11) is 4.06. The molecule has 0 aliphatic carbocycles. The lowest BCUT2D eigenvalue weighted by atomic mass is 9.97. The number of rotatable bonds is 5. The van der Waals surface area contributed by atoms with Crippen molar-refractivity contribution >= 4 is 49.2 Å². The average Bonchev–Trinajstić information content (AvgIpc) is 3.86. The fourth-order valence-corrected chi connectivity index (χ4v) is 9.69. The van der Waals surface area contributed by atoms with Gasteiger partial charge in [-0.15, -0.1) is 35.3 Å². The first-order chi connectivity index (χ1) is 29.2. The summed E-state index contributed by atoms with van der Waals surface area (Å²) >= 11 is 0. The number of nitrogens with zero attached hydrogens (tertiary/aromatic N) is 6. The Balaban J connectivity index is 0.000000236. The highest BCUT2D eigenvalue weighted by Crippen LogP contribution is 2.32. The van der Waals surface area contributed by atoms with Crippen LogP contribution in [0.15, 0.2) is 0 Å². The Kier molecular flexibility index (Phi) is 17.7. The molecule has 0 saturated carbocycles. The van der Waals surface area contributed by atoms with Crippen LogP contribution in [0.3, 0.4) is 0 Å². The zero-order valence-electron chi connectivity index (χ0n) is 43.8. The molecule has 0 atom stereocenters. The molecule has 0 spiro atoms. The largest absolute Gasteiger partial charge is 0.331 e. The van der Waals surface area contributed by atoms with Crippen LogP contribution in [0.25, 0.3) is 33.1 Å². The smallest absolute Gasteiger partial charge is 0.129 e. The fourth-order valence-electron chi connectivity index (χ4n) is 8.28. The Morgan fingerprint density at radius 1 is 0.444 bits per heavy atom. The van der Waals surface area contributed by atoms with Crippen LogP contribution >= 0.6 is 0 Å². The van der Waals surface area contributed by atoms with E-state index >= 15 is 0 Å². The maximum Gasteiger partial charge on any atom is 0.129 e. The normalized spacial score (nSPS) is 11.1. The summed E-state index contributed by atoms with van der Waals surface area (Å²) in [4.78, 5) is 14.5. The maximum atomic E-state index is 5.34. The first kappa shape index (κ1) is 52.5. The molecule has 0 saturated heterocycles. The fraction of sp³-hybridized carbons (Fsp3) is 0.509. The van der Waals surface area contributed by atoms with E-state index in [1.165, 1.54) is 94.7 Å². The molecule has 0 unspecified atom stereocenters. The van der Waals surface area contributed by atoms with Gasteiger partial charge in [-0.2, -0.15) is 0 Å². The summed E-state index contributed by atoms with van der Waals surface area (Å²) < 4.78 is 6.70. The van der Waals surface area contributed by atoms with Crippen LogP contribution in [0.4, 0.5) is 0 Å². The minimum atomic E-state index is -1.26. The third-order valence-electron chi connectivity index (χ3n) is 13.0. The summed E-state index contributed by atoms with van der Waals surface area (Å²) in [6, 6.07) is 0. The van der Waals surface area contributed by atoms with Crippen molar-refractivity contribution in [1.82, 2.24) is 28.7 Å². The van der Waals surface area contributed by atoms with Crippen LogP contribution in [0.1, 0.15) is 111 Å². The monoisotopic (exact) mass is 881 g/mol. The summed E-state index contributed by atoms with van der Waals surface area (Å²) in [6.45, 7) is 43.9. The van der Waals surface area contributed by atoms with Gasteiger partial charge >= 0.3 is 0 Å². The Hall–Kier alpha value is -4.82. The molecule has 0 fully saturated rings. The summed E-state index contributed by atoms with van der Waals surface area (Å²) in [6.07, 6.45) is 9.75. The summed E-state index contributed by atoms with van der Waals surface area (Å²) in [5.74, 6) is 12.4. The van der Waals surface area contributed by atoms with Gasteiger partial charge in [0.05, 0.1) is 33.1 Å². The first-order valence-corrected chi connectivity index (χ1v) is 29.8. The predicted octanol–water partition coefficient (Wildman–Crippen LogP) is 13.2. The topological polar surface area (TPSA) is 53.5 Å². The molecule has 6 aromatic rings. The molecule has 3 aromatic heterocycles. The number of fused-ring (bicyclic) bond motifs is 3. The maximum absolute atomic E-state index is 5.34. The molecule has 0 N–H and O–H groups in total. The van der Waals surface area contributed by atoms with Gasteiger partial charge in [0.1, 0.15) is 33.6 Å². The molecule has 63 heavy (non-hydrogen) atoms. The van der Waals surface area contributed by atoms with Crippen molar-refractivity contribution in [3.8, 4) is 35.3 Å². The minimum Gasteiger partial charge on any atom is -0.331 e. The number of aromatic nitrogens is 6. The van der Waals surface area contributed by atoms with Crippen LogP contribution in [0.5, 0.6) is 0 Å². The quantitative estimate of drug-likeness (QED) is 0.128. The van der Waals surface area contributed by atoms with Crippen LogP contribution in [-0.2, 0) is 40.4 Å². The molecule has 0 bridgehead atoms. The highest BCUT2D eigenvalue weighted by Gasteiger charge is 2.18. The zero-order chi connectivity index (χ0) is 48.0. The van der Waals surface area contributed by atoms with Gasteiger partial charge in [0, 0.05) is 53.2 Å². The molecule has 0 amide bonds. The van der Waals surface area contributed by atoms with Gasteiger partial charge in [0.15, 0.2) is 0 Å². The van der Waals surface area contributed by atoms with Gasteiger partial charge in [-0.05, 0) is 157 Å². The van der Waals surface area contributed by atoms with Gasteiger partial charge in [-0.3, -0.25) is 0 Å². The number of terminal acetylenes is 1. The van der Waals surface area contributed by atoms with E-state index in [2.05, 4.69) is 193 Å².